The highest BCUT2D eigenvalue weighted by Gasteiger charge is 2.28. The van der Waals surface area contributed by atoms with Gasteiger partial charge in [0.15, 0.2) is 5.84 Å². The van der Waals surface area contributed by atoms with Gasteiger partial charge in [0.25, 0.3) is 0 Å². The first-order chi connectivity index (χ1) is 12.4. The fourth-order valence-electron chi connectivity index (χ4n) is 2.38. The Morgan fingerprint density at radius 3 is 2.58 bits per heavy atom. The second kappa shape index (κ2) is 8.61. The summed E-state index contributed by atoms with van der Waals surface area (Å²) in [6.07, 6.45) is 0. The van der Waals surface area contributed by atoms with Crippen molar-refractivity contribution in [2.45, 2.75) is 0 Å². The van der Waals surface area contributed by atoms with Gasteiger partial charge in [-0.15, -0.1) is 0 Å². The van der Waals surface area contributed by atoms with Gasteiger partial charge in [-0.05, 0) is 20.2 Å². The normalized spacial score (nSPS) is 15.9. The van der Waals surface area contributed by atoms with Gasteiger partial charge in [0.05, 0.1) is 36.8 Å². The number of hydrogen-bond acceptors (Lipinski definition) is 9. The van der Waals surface area contributed by atoms with Gasteiger partial charge < -0.3 is 31.3 Å². The third-order valence-corrected chi connectivity index (χ3v) is 3.52. The number of β-amino-alcohol motifs (C(OH)–C–C–N with tert-alkyl or cyclic N) is 1. The van der Waals surface area contributed by atoms with Gasteiger partial charge in [-0.2, -0.15) is 5.10 Å². The number of ether oxygens (including phenoxy) is 1. The minimum atomic E-state index is -0.145. The van der Waals surface area contributed by atoms with E-state index in [0.29, 0.717) is 40.8 Å². The summed E-state index contributed by atoms with van der Waals surface area (Å²) < 4.78 is 5.39. The molecule has 0 aliphatic carbocycles. The Balaban J connectivity index is 2.42. The van der Waals surface area contributed by atoms with Crippen molar-refractivity contribution < 1.29 is 14.9 Å². The van der Waals surface area contributed by atoms with E-state index in [1.807, 2.05) is 19.0 Å². The number of hydrogen-bond donors (Lipinski definition) is 5. The Morgan fingerprint density at radius 1 is 1.23 bits per heavy atom. The molecule has 1 aromatic rings. The summed E-state index contributed by atoms with van der Waals surface area (Å²) in [5, 5.41) is 32.1. The molecule has 0 atom stereocenters. The summed E-state index contributed by atoms with van der Waals surface area (Å²) >= 11 is 0. The monoisotopic (exact) mass is 363 g/mol. The Labute approximate surface area is 151 Å². The third-order valence-electron chi connectivity index (χ3n) is 3.52. The summed E-state index contributed by atoms with van der Waals surface area (Å²) in [5.74, 6) is 0.445. The maximum Gasteiger partial charge on any atom is 0.169 e. The topological polar surface area (TPSA) is 157 Å². The lowest BCUT2D eigenvalue weighted by Crippen LogP contribution is -2.32. The van der Waals surface area contributed by atoms with Crippen molar-refractivity contribution in [3.8, 4) is 5.75 Å². The Kier molecular flexibility index (Phi) is 6.50. The number of anilines is 2. The average molecular weight is 363 g/mol. The number of nitrogens with zero attached hydrogens (tertiary/aromatic N) is 4. The van der Waals surface area contributed by atoms with Gasteiger partial charge in [0.1, 0.15) is 23.8 Å². The summed E-state index contributed by atoms with van der Waals surface area (Å²) in [5.41, 5.74) is 13.9. The molecular formula is C16H25N7O3. The van der Waals surface area contributed by atoms with Crippen LogP contribution in [0.3, 0.4) is 0 Å². The molecule has 0 saturated heterocycles. The molecule has 1 aliphatic rings. The van der Waals surface area contributed by atoms with Gasteiger partial charge in [-0.3, -0.25) is 5.41 Å². The van der Waals surface area contributed by atoms with Crippen LogP contribution in [0, 0.1) is 5.41 Å². The molecule has 0 unspecified atom stereocenters. The number of amidine groups is 1. The maximum absolute atomic E-state index is 9.15. The summed E-state index contributed by atoms with van der Waals surface area (Å²) in [6.45, 7) is 0.506. The number of nitrogen functional groups attached to an aromatic ring is 2. The number of hydrazone groups is 1. The van der Waals surface area contributed by atoms with E-state index in [1.165, 1.54) is 11.1 Å². The summed E-state index contributed by atoms with van der Waals surface area (Å²) in [6, 6.07) is 3.10. The molecule has 0 amide bonds. The molecule has 7 N–H and O–H groups in total. The SMILES string of the molecule is CN(C)CC1=NN(CCO)C(=N)C1=Nc1cc(OCCO)c(N)cc1N. The highest BCUT2D eigenvalue weighted by molar-refractivity contribution is 6.70. The van der Waals surface area contributed by atoms with E-state index in [9.17, 15) is 0 Å². The van der Waals surface area contributed by atoms with E-state index >= 15 is 0 Å². The third kappa shape index (κ3) is 4.48. The quantitative estimate of drug-likeness (QED) is 0.390. The number of rotatable bonds is 8. The van der Waals surface area contributed by atoms with Crippen LogP contribution in [0.25, 0.3) is 0 Å². The molecule has 10 nitrogen and oxygen atoms in total. The lowest BCUT2D eigenvalue weighted by molar-refractivity contribution is 0.202. The van der Waals surface area contributed by atoms with Crippen molar-refractivity contribution in [1.29, 1.82) is 5.41 Å². The first kappa shape index (κ1) is 19.6. The van der Waals surface area contributed by atoms with E-state index in [4.69, 9.17) is 31.8 Å². The van der Waals surface area contributed by atoms with Crippen LogP contribution in [0.15, 0.2) is 22.2 Å². The molecule has 0 radical (unpaired) electrons. The van der Waals surface area contributed by atoms with Gasteiger partial charge in [0, 0.05) is 12.6 Å². The molecule has 1 heterocycles. The molecule has 10 heteroatoms. The van der Waals surface area contributed by atoms with Crippen molar-refractivity contribution in [1.82, 2.24) is 9.91 Å². The van der Waals surface area contributed by atoms with E-state index in [-0.39, 0.29) is 32.2 Å². The minimum Gasteiger partial charge on any atom is -0.489 e. The van der Waals surface area contributed by atoms with Crippen LogP contribution >= 0.6 is 0 Å². The Hall–Kier alpha value is -2.69. The predicted octanol–water partition coefficient (Wildman–Crippen LogP) is -0.503. The van der Waals surface area contributed by atoms with Gasteiger partial charge in [-0.25, -0.2) is 10.0 Å². The van der Waals surface area contributed by atoms with Crippen molar-refractivity contribution in [2.24, 2.45) is 10.1 Å². The summed E-state index contributed by atoms with van der Waals surface area (Å²) in [4.78, 5) is 6.41. The zero-order chi connectivity index (χ0) is 19.3. The van der Waals surface area contributed by atoms with Crippen LogP contribution in [0.4, 0.5) is 17.1 Å². The second-order valence-corrected chi connectivity index (χ2v) is 5.96. The molecular weight excluding hydrogens is 338 g/mol. The molecule has 1 aromatic carbocycles. The number of nitrogens with one attached hydrogen (secondary N) is 1. The lowest BCUT2D eigenvalue weighted by Gasteiger charge is -2.13. The van der Waals surface area contributed by atoms with Crippen molar-refractivity contribution in [3.63, 3.8) is 0 Å². The number of nitrogens with two attached hydrogens (primary N) is 2. The standard InChI is InChI=1S/C16H25N7O3/c1-22(2)9-13-15(16(19)23(21-13)3-4-24)20-12-8-14(26-6-5-25)11(18)7-10(12)17/h7-8,19,24-25H,3-6,9,17-18H2,1-2H3. The molecule has 0 fully saturated rings. The molecule has 0 saturated carbocycles. The molecule has 2 rings (SSSR count). The smallest absolute Gasteiger partial charge is 0.169 e. The van der Waals surface area contributed by atoms with E-state index in [1.54, 1.807) is 6.07 Å². The first-order valence-corrected chi connectivity index (χ1v) is 8.08. The minimum absolute atomic E-state index is 0.0879. The van der Waals surface area contributed by atoms with E-state index < -0.39 is 0 Å². The van der Waals surface area contributed by atoms with Crippen LogP contribution in [-0.4, -0.2) is 84.4 Å². The summed E-state index contributed by atoms with van der Waals surface area (Å²) in [7, 11) is 3.77. The molecule has 26 heavy (non-hydrogen) atoms. The predicted molar refractivity (Wildman–Crippen MR) is 102 cm³/mol. The number of aliphatic hydroxyl groups is 2. The second-order valence-electron chi connectivity index (χ2n) is 5.96. The van der Waals surface area contributed by atoms with Crippen LogP contribution in [0.2, 0.25) is 0 Å². The average Bonchev–Trinajstić information content (AvgIpc) is 2.84. The highest BCUT2D eigenvalue weighted by atomic mass is 16.5. The fourth-order valence-corrected chi connectivity index (χ4v) is 2.38. The number of benzene rings is 1. The molecule has 0 bridgehead atoms. The van der Waals surface area contributed by atoms with Crippen LogP contribution in [0.5, 0.6) is 5.75 Å². The Bertz CT molecular complexity index is 731. The zero-order valence-electron chi connectivity index (χ0n) is 14.9. The van der Waals surface area contributed by atoms with Gasteiger partial charge >= 0.3 is 0 Å². The Morgan fingerprint density at radius 2 is 1.96 bits per heavy atom. The largest absolute Gasteiger partial charge is 0.489 e. The van der Waals surface area contributed by atoms with Gasteiger partial charge in [-0.1, -0.05) is 0 Å². The molecule has 142 valence electrons. The molecule has 1 aliphatic heterocycles. The van der Waals surface area contributed by atoms with E-state index in [0.717, 1.165) is 0 Å². The van der Waals surface area contributed by atoms with Crippen molar-refractivity contribution in [3.05, 3.63) is 12.1 Å². The van der Waals surface area contributed by atoms with Crippen LogP contribution < -0.4 is 16.2 Å². The first-order valence-electron chi connectivity index (χ1n) is 8.08. The molecule has 0 spiro atoms. The lowest BCUT2D eigenvalue weighted by atomic mass is 10.2. The molecule has 0 aromatic heterocycles. The van der Waals surface area contributed by atoms with Crippen molar-refractivity contribution in [2.75, 3.05) is 58.5 Å². The fraction of sp³-hybridized carbons (Fsp3) is 0.438. The maximum atomic E-state index is 9.15. The van der Waals surface area contributed by atoms with E-state index in [2.05, 4.69) is 10.1 Å². The number of aliphatic hydroxyl groups excluding tert-OH is 2. The zero-order valence-corrected chi connectivity index (χ0v) is 14.9. The van der Waals surface area contributed by atoms with Crippen LogP contribution in [0.1, 0.15) is 0 Å². The number of aliphatic imine (C=N–C) groups is 1. The van der Waals surface area contributed by atoms with Gasteiger partial charge in [0.2, 0.25) is 0 Å². The van der Waals surface area contributed by atoms with Crippen LogP contribution in [-0.2, 0) is 0 Å². The highest BCUT2D eigenvalue weighted by Crippen LogP contribution is 2.33. The van der Waals surface area contributed by atoms with Crippen molar-refractivity contribution >= 4 is 34.3 Å².